The third kappa shape index (κ3) is 2.47. The van der Waals surface area contributed by atoms with Crippen molar-refractivity contribution in [1.82, 2.24) is 8.75 Å². The molecule has 0 saturated heterocycles. The van der Waals surface area contributed by atoms with Crippen LogP contribution in [0.15, 0.2) is 24.4 Å². The first-order valence-electron chi connectivity index (χ1n) is 4.70. The van der Waals surface area contributed by atoms with Gasteiger partial charge in [0.15, 0.2) is 5.69 Å². The van der Waals surface area contributed by atoms with Gasteiger partial charge in [-0.2, -0.15) is 8.75 Å². The minimum Gasteiger partial charge on any atom is -0.478 e. The lowest BCUT2D eigenvalue weighted by atomic mass is 10.1. The van der Waals surface area contributed by atoms with Crippen molar-refractivity contribution in [3.63, 3.8) is 0 Å². The molecule has 0 fully saturated rings. The Hall–Kier alpha value is -1.99. The van der Waals surface area contributed by atoms with Crippen LogP contribution in [0.25, 0.3) is 0 Å². The van der Waals surface area contributed by atoms with Crippen LogP contribution in [0, 0.1) is 0 Å². The monoisotopic (exact) mass is 283 g/mol. The van der Waals surface area contributed by atoms with Crippen molar-refractivity contribution in [2.45, 2.75) is 0 Å². The van der Waals surface area contributed by atoms with Crippen molar-refractivity contribution in [2.75, 3.05) is 5.32 Å². The van der Waals surface area contributed by atoms with E-state index in [1.165, 1.54) is 18.3 Å². The Morgan fingerprint density at radius 3 is 2.78 bits per heavy atom. The zero-order valence-corrected chi connectivity index (χ0v) is 10.3. The van der Waals surface area contributed by atoms with E-state index in [1.807, 2.05) is 0 Å². The number of carboxylic acid groups (broad SMARTS) is 1. The summed E-state index contributed by atoms with van der Waals surface area (Å²) in [6.45, 7) is 0. The second kappa shape index (κ2) is 5.11. The van der Waals surface area contributed by atoms with E-state index in [1.54, 1.807) is 6.07 Å². The normalized spacial score (nSPS) is 10.1. The van der Waals surface area contributed by atoms with E-state index in [-0.39, 0.29) is 22.0 Å². The molecule has 92 valence electrons. The zero-order valence-electron chi connectivity index (χ0n) is 8.75. The van der Waals surface area contributed by atoms with Gasteiger partial charge in [0.25, 0.3) is 5.91 Å². The van der Waals surface area contributed by atoms with Crippen molar-refractivity contribution < 1.29 is 14.7 Å². The van der Waals surface area contributed by atoms with Crippen LogP contribution >= 0.6 is 23.3 Å². The number of hydrogen-bond acceptors (Lipinski definition) is 5. The molecule has 0 aliphatic heterocycles. The maximum absolute atomic E-state index is 11.7. The van der Waals surface area contributed by atoms with E-state index >= 15 is 0 Å². The quantitative estimate of drug-likeness (QED) is 0.900. The molecule has 2 rings (SSSR count). The van der Waals surface area contributed by atoms with Crippen molar-refractivity contribution in [1.29, 1.82) is 0 Å². The van der Waals surface area contributed by atoms with Gasteiger partial charge < -0.3 is 10.4 Å². The molecule has 0 spiro atoms. The lowest BCUT2D eigenvalue weighted by molar-refractivity contribution is 0.0698. The van der Waals surface area contributed by atoms with E-state index < -0.39 is 11.9 Å². The van der Waals surface area contributed by atoms with Gasteiger partial charge in [-0.05, 0) is 12.1 Å². The highest BCUT2D eigenvalue weighted by Crippen LogP contribution is 2.24. The number of halogens is 1. The molecule has 0 aliphatic carbocycles. The first-order valence-corrected chi connectivity index (χ1v) is 5.81. The maximum Gasteiger partial charge on any atom is 0.339 e. The van der Waals surface area contributed by atoms with Crippen molar-refractivity contribution in [3.8, 4) is 0 Å². The summed E-state index contributed by atoms with van der Waals surface area (Å²) in [6, 6.07) is 4.43. The smallest absolute Gasteiger partial charge is 0.339 e. The number of aromatic carboxylic acids is 1. The Bertz CT molecular complexity index is 600. The number of nitrogens with one attached hydrogen (secondary N) is 1. The van der Waals surface area contributed by atoms with Crippen LogP contribution < -0.4 is 5.32 Å². The highest BCUT2D eigenvalue weighted by molar-refractivity contribution is 6.99. The Kier molecular flexibility index (Phi) is 3.54. The van der Waals surface area contributed by atoms with E-state index in [4.69, 9.17) is 16.7 Å². The number of carbonyl (C=O) groups is 2. The molecule has 6 nitrogen and oxygen atoms in total. The molecule has 2 N–H and O–H groups in total. The van der Waals surface area contributed by atoms with Crippen LogP contribution in [-0.2, 0) is 0 Å². The number of hydrogen-bond donors (Lipinski definition) is 2. The van der Waals surface area contributed by atoms with E-state index in [9.17, 15) is 9.59 Å². The molecule has 2 aromatic rings. The summed E-state index contributed by atoms with van der Waals surface area (Å²) >= 11 is 6.66. The fourth-order valence-corrected chi connectivity index (χ4v) is 1.96. The molecule has 1 heterocycles. The predicted octanol–water partition coefficient (Wildman–Crippen LogP) is 2.14. The van der Waals surface area contributed by atoms with Gasteiger partial charge in [0.05, 0.1) is 28.6 Å². The number of amides is 1. The molecule has 1 aromatic heterocycles. The Morgan fingerprint density at radius 2 is 2.17 bits per heavy atom. The predicted molar refractivity (Wildman–Crippen MR) is 66.3 cm³/mol. The van der Waals surface area contributed by atoms with Gasteiger partial charge in [0, 0.05) is 0 Å². The molecule has 18 heavy (non-hydrogen) atoms. The van der Waals surface area contributed by atoms with Crippen molar-refractivity contribution in [3.05, 3.63) is 40.7 Å². The van der Waals surface area contributed by atoms with Crippen LogP contribution in [0.4, 0.5) is 5.69 Å². The minimum absolute atomic E-state index is 0.0525. The summed E-state index contributed by atoms with van der Waals surface area (Å²) in [5.74, 6) is -1.75. The van der Waals surface area contributed by atoms with Gasteiger partial charge in [-0.25, -0.2) is 4.79 Å². The summed E-state index contributed by atoms with van der Waals surface area (Å²) in [5, 5.41) is 11.5. The average Bonchev–Trinajstić information content (AvgIpc) is 2.81. The second-order valence-corrected chi connectivity index (χ2v) is 4.18. The van der Waals surface area contributed by atoms with E-state index in [0.717, 1.165) is 11.7 Å². The van der Waals surface area contributed by atoms with Gasteiger partial charge in [0.1, 0.15) is 5.56 Å². The van der Waals surface area contributed by atoms with Gasteiger partial charge in [-0.1, -0.05) is 17.7 Å². The molecule has 0 aliphatic rings. The van der Waals surface area contributed by atoms with E-state index in [2.05, 4.69) is 14.1 Å². The third-order valence-corrected chi connectivity index (χ3v) is 2.86. The topological polar surface area (TPSA) is 92.2 Å². The van der Waals surface area contributed by atoms with Crippen LogP contribution in [0.1, 0.15) is 20.8 Å². The Balaban J connectivity index is 2.32. The fraction of sp³-hybridized carbons (Fsp3) is 0. The summed E-state index contributed by atoms with van der Waals surface area (Å²) in [6.07, 6.45) is 1.30. The highest BCUT2D eigenvalue weighted by Gasteiger charge is 2.17. The molecule has 0 bridgehead atoms. The van der Waals surface area contributed by atoms with Crippen molar-refractivity contribution >= 4 is 40.9 Å². The van der Waals surface area contributed by atoms with Crippen LogP contribution in [-0.4, -0.2) is 25.7 Å². The van der Waals surface area contributed by atoms with E-state index in [0.29, 0.717) is 0 Å². The number of benzene rings is 1. The Morgan fingerprint density at radius 1 is 1.39 bits per heavy atom. The first kappa shape index (κ1) is 12.5. The summed E-state index contributed by atoms with van der Waals surface area (Å²) in [5.41, 5.74) is 0.0834. The molecule has 0 atom stereocenters. The number of aromatic nitrogens is 2. The number of carboxylic acids is 1. The summed E-state index contributed by atoms with van der Waals surface area (Å²) < 4.78 is 7.43. The average molecular weight is 284 g/mol. The molecule has 0 radical (unpaired) electrons. The largest absolute Gasteiger partial charge is 0.478 e. The number of nitrogens with zero attached hydrogens (tertiary/aromatic N) is 2. The maximum atomic E-state index is 11.7. The third-order valence-electron chi connectivity index (χ3n) is 2.07. The van der Waals surface area contributed by atoms with Crippen LogP contribution in [0.2, 0.25) is 5.02 Å². The molecule has 0 saturated carbocycles. The molecular weight excluding hydrogens is 278 g/mol. The molecule has 0 unspecified atom stereocenters. The summed E-state index contributed by atoms with van der Waals surface area (Å²) in [7, 11) is 0. The molecular formula is C10H6ClN3O3S. The van der Waals surface area contributed by atoms with Crippen LogP contribution in [0.5, 0.6) is 0 Å². The highest BCUT2D eigenvalue weighted by atomic mass is 35.5. The minimum atomic E-state index is -1.22. The van der Waals surface area contributed by atoms with Gasteiger partial charge in [0.2, 0.25) is 0 Å². The first-order chi connectivity index (χ1) is 8.59. The lowest BCUT2D eigenvalue weighted by Crippen LogP contribution is -2.15. The number of carbonyl (C=O) groups excluding carboxylic acids is 1. The fourth-order valence-electron chi connectivity index (χ4n) is 1.30. The van der Waals surface area contributed by atoms with Crippen LogP contribution in [0.3, 0.4) is 0 Å². The van der Waals surface area contributed by atoms with Gasteiger partial charge >= 0.3 is 5.97 Å². The standard InChI is InChI=1S/C10H6ClN3O3S/c11-5-2-1-3-6(8(5)10(16)17)13-9(15)7-4-12-18-14-7/h1-4H,(H,13,15)(H,16,17). The second-order valence-electron chi connectivity index (χ2n) is 3.21. The molecule has 1 aromatic carbocycles. The Labute approximate surface area is 111 Å². The molecule has 1 amide bonds. The number of rotatable bonds is 3. The summed E-state index contributed by atoms with van der Waals surface area (Å²) in [4.78, 5) is 22.8. The number of anilines is 1. The lowest BCUT2D eigenvalue weighted by Gasteiger charge is -2.08. The molecule has 8 heteroatoms. The van der Waals surface area contributed by atoms with Gasteiger partial charge in [-0.15, -0.1) is 0 Å². The van der Waals surface area contributed by atoms with Crippen molar-refractivity contribution in [2.24, 2.45) is 0 Å². The zero-order chi connectivity index (χ0) is 13.1. The van der Waals surface area contributed by atoms with Gasteiger partial charge in [-0.3, -0.25) is 4.79 Å². The SMILES string of the molecule is O=C(Nc1cccc(Cl)c1C(=O)O)c1cnsn1.